The normalized spacial score (nSPS) is 11.3. The molecule has 0 aliphatic heterocycles. The van der Waals surface area contributed by atoms with Crippen molar-refractivity contribution >= 4 is 0 Å². The molecule has 0 aromatic rings. The summed E-state index contributed by atoms with van der Waals surface area (Å²) in [5.41, 5.74) is 0. The fourth-order valence-corrected chi connectivity index (χ4v) is 0.713. The van der Waals surface area contributed by atoms with Gasteiger partial charge in [-0.25, -0.2) is 0 Å². The Morgan fingerprint density at radius 3 is 1.78 bits per heavy atom. The molecular weight excluding hydrogens is 116 g/mol. The average molecular weight is 132 g/mol. The molecule has 0 unspecified atom stereocenters. The third-order valence-corrected chi connectivity index (χ3v) is 1.30. The molecule has 0 rings (SSSR count). The predicted octanol–water partition coefficient (Wildman–Crippen LogP) is 0.607. The molecule has 0 amide bonds. The van der Waals surface area contributed by atoms with Gasteiger partial charge in [0.05, 0.1) is 6.67 Å². The number of rotatable bonds is 4. The van der Waals surface area contributed by atoms with Gasteiger partial charge in [0.2, 0.25) is 0 Å². The zero-order valence-corrected chi connectivity index (χ0v) is 6.46. The van der Waals surface area contributed by atoms with Crippen LogP contribution >= 0.6 is 0 Å². The zero-order valence-electron chi connectivity index (χ0n) is 6.46. The summed E-state index contributed by atoms with van der Waals surface area (Å²) in [6, 6.07) is 0. The molecule has 0 spiro atoms. The van der Waals surface area contributed by atoms with E-state index in [1.165, 1.54) is 5.06 Å². The lowest BCUT2D eigenvalue weighted by Crippen LogP contribution is -2.33. The van der Waals surface area contributed by atoms with Crippen LogP contribution in [0.5, 0.6) is 0 Å². The second kappa shape index (κ2) is 4.73. The van der Waals surface area contributed by atoms with Crippen LogP contribution in [0.3, 0.4) is 0 Å². The molecule has 0 aromatic carbocycles. The van der Waals surface area contributed by atoms with Gasteiger partial charge in [-0.15, -0.1) is 0 Å². The fourth-order valence-electron chi connectivity index (χ4n) is 0.713. The number of hydroxylamine groups is 2. The molecule has 1 N–H and O–H groups in total. The average Bonchev–Trinajstić information content (AvgIpc) is 1.82. The molecule has 0 fully saturated rings. The summed E-state index contributed by atoms with van der Waals surface area (Å²) in [6.45, 7) is 6.76. The zero-order chi connectivity index (χ0) is 7.28. The molecule has 0 saturated carbocycles. The van der Waals surface area contributed by atoms with E-state index in [1.54, 1.807) is 7.05 Å². The number of hydrogen-bond donors (Lipinski definition) is 1. The van der Waals surface area contributed by atoms with Crippen LogP contribution in [0.25, 0.3) is 0 Å². The van der Waals surface area contributed by atoms with Crippen molar-refractivity contribution < 1.29 is 5.21 Å². The smallest absolute Gasteiger partial charge is 0.0750 e. The van der Waals surface area contributed by atoms with E-state index in [4.69, 9.17) is 5.21 Å². The van der Waals surface area contributed by atoms with Crippen LogP contribution in [0.4, 0.5) is 0 Å². The first kappa shape index (κ1) is 8.88. The first-order valence-corrected chi connectivity index (χ1v) is 3.33. The van der Waals surface area contributed by atoms with E-state index in [1.807, 2.05) is 0 Å². The van der Waals surface area contributed by atoms with Crippen LogP contribution in [0.15, 0.2) is 0 Å². The minimum absolute atomic E-state index is 0.632. The lowest BCUT2D eigenvalue weighted by molar-refractivity contribution is -0.1000. The third-order valence-electron chi connectivity index (χ3n) is 1.30. The van der Waals surface area contributed by atoms with Crippen molar-refractivity contribution in [2.24, 2.45) is 0 Å². The van der Waals surface area contributed by atoms with Crippen molar-refractivity contribution in [2.45, 2.75) is 13.8 Å². The number of nitrogens with zero attached hydrogens (tertiary/aromatic N) is 2. The molecule has 0 aliphatic rings. The van der Waals surface area contributed by atoms with Crippen LogP contribution in [-0.2, 0) is 0 Å². The standard InChI is InChI=1S/C6H16N2O/c1-4-8(5-2)6-7(3)9/h9H,4-6H2,1-3H3. The van der Waals surface area contributed by atoms with Crippen molar-refractivity contribution in [1.82, 2.24) is 9.96 Å². The third kappa shape index (κ3) is 4.39. The van der Waals surface area contributed by atoms with E-state index >= 15 is 0 Å². The molecule has 3 heteroatoms. The van der Waals surface area contributed by atoms with E-state index in [0.29, 0.717) is 6.67 Å². The van der Waals surface area contributed by atoms with E-state index in [-0.39, 0.29) is 0 Å². The maximum absolute atomic E-state index is 8.78. The highest BCUT2D eigenvalue weighted by Gasteiger charge is 1.98. The molecule has 0 radical (unpaired) electrons. The fraction of sp³-hybridized carbons (Fsp3) is 1.00. The molecule has 0 aromatic heterocycles. The molecule has 0 bridgehead atoms. The lowest BCUT2D eigenvalue weighted by Gasteiger charge is -2.20. The van der Waals surface area contributed by atoms with Gasteiger partial charge in [0.25, 0.3) is 0 Å². The monoisotopic (exact) mass is 132 g/mol. The minimum atomic E-state index is 0.632. The minimum Gasteiger partial charge on any atom is -0.313 e. The molecule has 0 atom stereocenters. The molecule has 0 heterocycles. The van der Waals surface area contributed by atoms with Gasteiger partial charge in [-0.1, -0.05) is 13.8 Å². The van der Waals surface area contributed by atoms with E-state index in [0.717, 1.165) is 13.1 Å². The van der Waals surface area contributed by atoms with E-state index in [9.17, 15) is 0 Å². The van der Waals surface area contributed by atoms with Crippen molar-refractivity contribution in [1.29, 1.82) is 0 Å². The summed E-state index contributed by atoms with van der Waals surface area (Å²) in [6.07, 6.45) is 0. The van der Waals surface area contributed by atoms with E-state index < -0.39 is 0 Å². The maximum atomic E-state index is 8.78. The second-order valence-electron chi connectivity index (χ2n) is 2.10. The Hall–Kier alpha value is -0.120. The summed E-state index contributed by atoms with van der Waals surface area (Å²) in [5, 5.41) is 9.96. The van der Waals surface area contributed by atoms with Crippen LogP contribution in [0.1, 0.15) is 13.8 Å². The van der Waals surface area contributed by atoms with Gasteiger partial charge in [0, 0.05) is 7.05 Å². The van der Waals surface area contributed by atoms with Crippen LogP contribution in [0, 0.1) is 0 Å². The summed E-state index contributed by atoms with van der Waals surface area (Å²) < 4.78 is 0. The van der Waals surface area contributed by atoms with Crippen LogP contribution in [-0.4, -0.2) is 42.0 Å². The lowest BCUT2D eigenvalue weighted by atomic mass is 10.5. The number of hydrogen-bond acceptors (Lipinski definition) is 3. The quantitative estimate of drug-likeness (QED) is 0.448. The van der Waals surface area contributed by atoms with Crippen molar-refractivity contribution in [2.75, 3.05) is 26.8 Å². The van der Waals surface area contributed by atoms with Gasteiger partial charge < -0.3 is 5.21 Å². The first-order chi connectivity index (χ1) is 4.20. The largest absolute Gasteiger partial charge is 0.313 e. The summed E-state index contributed by atoms with van der Waals surface area (Å²) in [5.74, 6) is 0. The molecular formula is C6H16N2O. The van der Waals surface area contributed by atoms with Crippen molar-refractivity contribution in [3.05, 3.63) is 0 Å². The summed E-state index contributed by atoms with van der Waals surface area (Å²) >= 11 is 0. The van der Waals surface area contributed by atoms with E-state index in [2.05, 4.69) is 18.7 Å². The summed E-state index contributed by atoms with van der Waals surface area (Å²) in [7, 11) is 1.65. The van der Waals surface area contributed by atoms with Gasteiger partial charge in [0.1, 0.15) is 0 Å². The van der Waals surface area contributed by atoms with Gasteiger partial charge in [-0.05, 0) is 13.1 Å². The van der Waals surface area contributed by atoms with Crippen LogP contribution < -0.4 is 0 Å². The van der Waals surface area contributed by atoms with Crippen molar-refractivity contribution in [3.63, 3.8) is 0 Å². The molecule has 56 valence electrons. The SMILES string of the molecule is CCN(CC)CN(C)O. The molecule has 3 nitrogen and oxygen atoms in total. The highest BCUT2D eigenvalue weighted by atomic mass is 16.5. The Morgan fingerprint density at radius 1 is 1.22 bits per heavy atom. The Labute approximate surface area is 56.8 Å². The van der Waals surface area contributed by atoms with Crippen LogP contribution in [0.2, 0.25) is 0 Å². The molecule has 0 aliphatic carbocycles. The topological polar surface area (TPSA) is 26.7 Å². The second-order valence-corrected chi connectivity index (χ2v) is 2.10. The maximum Gasteiger partial charge on any atom is 0.0750 e. The summed E-state index contributed by atoms with van der Waals surface area (Å²) in [4.78, 5) is 2.12. The first-order valence-electron chi connectivity index (χ1n) is 3.33. The van der Waals surface area contributed by atoms with Crippen molar-refractivity contribution in [3.8, 4) is 0 Å². The van der Waals surface area contributed by atoms with Gasteiger partial charge in [-0.3, -0.25) is 4.90 Å². The van der Waals surface area contributed by atoms with Gasteiger partial charge >= 0.3 is 0 Å². The Bertz CT molecular complexity index is 62.1. The predicted molar refractivity (Wildman–Crippen MR) is 37.3 cm³/mol. The highest BCUT2D eigenvalue weighted by Crippen LogP contribution is 1.86. The van der Waals surface area contributed by atoms with Gasteiger partial charge in [-0.2, -0.15) is 5.06 Å². The Morgan fingerprint density at radius 2 is 1.67 bits per heavy atom. The Balaban J connectivity index is 3.31. The molecule has 0 saturated heterocycles. The van der Waals surface area contributed by atoms with Gasteiger partial charge in [0.15, 0.2) is 0 Å². The highest BCUT2D eigenvalue weighted by molar-refractivity contribution is 4.45. The molecule has 9 heavy (non-hydrogen) atoms. The Kier molecular flexibility index (Phi) is 4.67.